The van der Waals surface area contributed by atoms with Crippen molar-refractivity contribution in [2.75, 3.05) is 25.7 Å². The van der Waals surface area contributed by atoms with E-state index >= 15 is 0 Å². The number of hydrogen-bond donors (Lipinski definition) is 0. The third-order valence-corrected chi connectivity index (χ3v) is 3.28. The first kappa shape index (κ1) is 19.2. The average molecular weight is 474 g/mol. The molecule has 94 valence electrons. The van der Waals surface area contributed by atoms with Gasteiger partial charge in [-0.3, -0.25) is 0 Å². The van der Waals surface area contributed by atoms with Gasteiger partial charge in [-0.2, -0.15) is 0 Å². The molecule has 0 aromatic heterocycles. The molecular weight excluding hydrogens is 450 g/mol. The molecule has 0 saturated heterocycles. The summed E-state index contributed by atoms with van der Waals surface area (Å²) in [6.45, 7) is 11.0. The Morgan fingerprint density at radius 2 is 1.13 bits per heavy atom. The minimum Gasteiger partial charge on any atom is -0.385 e. The van der Waals surface area contributed by atoms with Crippen molar-refractivity contribution < 1.29 is 9.47 Å². The predicted molar refractivity (Wildman–Crippen MR) is 92.0 cm³/mol. The van der Waals surface area contributed by atoms with Crippen molar-refractivity contribution in [2.45, 2.75) is 32.6 Å². The summed E-state index contributed by atoms with van der Waals surface area (Å²) in [5.74, 6) is 0. The molecule has 0 amide bonds. The van der Waals surface area contributed by atoms with Crippen LogP contribution in [0.1, 0.15) is 6.42 Å². The molecule has 0 saturated carbocycles. The van der Waals surface area contributed by atoms with Gasteiger partial charge in [0.25, 0.3) is 0 Å². The van der Waals surface area contributed by atoms with Gasteiger partial charge >= 0.3 is 0 Å². The van der Waals surface area contributed by atoms with Crippen LogP contribution in [0.25, 0.3) is 0 Å². The highest BCUT2D eigenvalue weighted by Crippen LogP contribution is 1.89. The molecule has 0 heterocycles. The van der Waals surface area contributed by atoms with E-state index in [2.05, 4.69) is 63.4 Å². The van der Waals surface area contributed by atoms with Gasteiger partial charge in [0, 0.05) is 62.9 Å². The summed E-state index contributed by atoms with van der Waals surface area (Å²) in [5, 5.41) is 0. The first-order valence-corrected chi connectivity index (χ1v) is 18.0. The van der Waals surface area contributed by atoms with Crippen LogP contribution in [0.4, 0.5) is 0 Å². The fraction of sp³-hybridized carbons (Fsp3) is 1.00. The maximum Gasteiger partial charge on any atom is 0.0616 e. The van der Waals surface area contributed by atoms with Crippen LogP contribution < -0.4 is 0 Å². The van der Waals surface area contributed by atoms with Crippen molar-refractivity contribution in [1.29, 1.82) is 0 Å². The van der Waals surface area contributed by atoms with Gasteiger partial charge in [-0.25, -0.2) is 0 Å². The van der Waals surface area contributed by atoms with E-state index in [0.717, 1.165) is 32.1 Å². The fourth-order valence-corrected chi connectivity index (χ4v) is 2.18. The molecule has 0 radical (unpaired) electrons. The van der Waals surface area contributed by atoms with Crippen LogP contribution in [-0.2, 0) is 9.47 Å². The van der Waals surface area contributed by atoms with Crippen LogP contribution in [0, 0.1) is 0 Å². The summed E-state index contributed by atoms with van der Waals surface area (Å²) in [6, 6.07) is 0. The van der Waals surface area contributed by atoms with E-state index in [-0.39, 0.29) is 0 Å². The zero-order chi connectivity index (χ0) is 12.1. The van der Waals surface area contributed by atoms with Gasteiger partial charge in [0.1, 0.15) is 0 Å². The average Bonchev–Trinajstić information content (AvgIpc) is 2.18. The van der Waals surface area contributed by atoms with E-state index < -0.39 is 17.6 Å². The van der Waals surface area contributed by atoms with Crippen molar-refractivity contribution in [3.05, 3.63) is 0 Å². The molecule has 0 N–H and O–H groups in total. The van der Waals surface area contributed by atoms with Gasteiger partial charge in [-0.05, 0) is 6.42 Å². The van der Waals surface area contributed by atoms with E-state index in [9.17, 15) is 0 Å². The zero-order valence-corrected chi connectivity index (χ0v) is 16.9. The molecule has 0 aromatic carbocycles. The van der Waals surface area contributed by atoms with Crippen molar-refractivity contribution in [1.82, 2.24) is 0 Å². The largest absolute Gasteiger partial charge is 0.385 e. The smallest absolute Gasteiger partial charge is 0.0616 e. The molecule has 2 nitrogen and oxygen atoms in total. The second kappa shape index (κ2) is 15.8. The topological polar surface area (TPSA) is 18.5 Å². The molecule has 0 aliphatic carbocycles. The molecule has 0 aliphatic rings. The van der Waals surface area contributed by atoms with Crippen LogP contribution in [0.5, 0.6) is 0 Å². The van der Waals surface area contributed by atoms with Crippen molar-refractivity contribution in [3.63, 3.8) is 0 Å². The molecule has 0 aliphatic heterocycles. The van der Waals surface area contributed by atoms with Gasteiger partial charge < -0.3 is 9.47 Å². The second-order valence-corrected chi connectivity index (χ2v) is 10.5. The lowest BCUT2D eigenvalue weighted by molar-refractivity contribution is 0.118. The van der Waals surface area contributed by atoms with E-state index in [1.165, 1.54) is 0 Å². The van der Waals surface area contributed by atoms with Crippen LogP contribution in [0.15, 0.2) is 0 Å². The predicted octanol–water partition coefficient (Wildman–Crippen LogP) is 3.23. The van der Waals surface area contributed by atoms with Crippen molar-refractivity contribution in [3.8, 4) is 0 Å². The van der Waals surface area contributed by atoms with Gasteiger partial charge in [-0.15, -0.1) is 0 Å². The molecule has 0 unspecified atom stereocenters. The highest BCUT2D eigenvalue weighted by molar-refractivity contribution is 15.0. The van der Waals surface area contributed by atoms with Crippen LogP contribution in [-0.4, -0.2) is 43.3 Å². The first-order chi connectivity index (χ1) is 7.13. The number of rotatable bonds is 8. The van der Waals surface area contributed by atoms with Crippen LogP contribution in [0.3, 0.4) is 0 Å². The lowest BCUT2D eigenvalue weighted by atomic mass is 10.5. The monoisotopic (exact) mass is 474 g/mol. The van der Waals surface area contributed by atoms with Gasteiger partial charge in [0.15, 0.2) is 0 Å². The van der Waals surface area contributed by atoms with E-state index in [4.69, 9.17) is 9.47 Å². The van der Waals surface area contributed by atoms with E-state index in [1.807, 2.05) is 0 Å². The lowest BCUT2D eigenvalue weighted by Gasteiger charge is -2.07. The van der Waals surface area contributed by atoms with Crippen LogP contribution in [0.2, 0.25) is 26.2 Å². The highest BCUT2D eigenvalue weighted by Gasteiger charge is 1.97. The molecule has 0 atom stereocenters. The Kier molecular flexibility index (Phi) is 20.2. The molecular formula is C9H24I2O2Si2. The maximum atomic E-state index is 5.50. The fourth-order valence-electron chi connectivity index (χ4n) is 0.901. The Balaban J connectivity index is 0. The Bertz CT molecular complexity index is 104. The Hall–Kier alpha value is 1.81. The normalized spacial score (nSPS) is 10.4. The third kappa shape index (κ3) is 21.6. The van der Waals surface area contributed by atoms with Gasteiger partial charge in [0.2, 0.25) is 0 Å². The van der Waals surface area contributed by atoms with Crippen molar-refractivity contribution >= 4 is 54.8 Å². The second-order valence-electron chi connectivity index (χ2n) is 4.29. The summed E-state index contributed by atoms with van der Waals surface area (Å²) < 4.78 is 11.0. The molecule has 0 bridgehead atoms. The molecule has 15 heavy (non-hydrogen) atoms. The highest BCUT2D eigenvalue weighted by atomic mass is 128. The van der Waals surface area contributed by atoms with E-state index in [1.54, 1.807) is 0 Å². The standard InChI is InChI=1S/C9H24O2Si2.I2/c1-12(2)8-10-6-5-7-11-9-13(3)4;1-2/h12-13H,5-9H2,1-4H3;. The summed E-state index contributed by atoms with van der Waals surface area (Å²) in [6.07, 6.45) is 3.08. The van der Waals surface area contributed by atoms with Crippen LogP contribution >= 0.6 is 37.2 Å². The molecule has 0 spiro atoms. The summed E-state index contributed by atoms with van der Waals surface area (Å²) in [4.78, 5) is 0. The number of hydrogen-bond acceptors (Lipinski definition) is 2. The lowest BCUT2D eigenvalue weighted by Crippen LogP contribution is -2.15. The Labute approximate surface area is 121 Å². The molecule has 6 heteroatoms. The molecule has 0 fully saturated rings. The minimum atomic E-state index is -0.502. The summed E-state index contributed by atoms with van der Waals surface area (Å²) >= 11 is 4.24. The van der Waals surface area contributed by atoms with Gasteiger partial charge in [0.05, 0.1) is 17.6 Å². The third-order valence-electron chi connectivity index (χ3n) is 1.48. The first-order valence-electron chi connectivity index (χ1n) is 5.42. The zero-order valence-electron chi connectivity index (χ0n) is 10.3. The SMILES string of the molecule is C[SiH](C)COCCCOC[SiH](C)C.II. The van der Waals surface area contributed by atoms with Crippen molar-refractivity contribution in [2.24, 2.45) is 0 Å². The minimum absolute atomic E-state index is 0.502. The number of ether oxygens (including phenoxy) is 2. The van der Waals surface area contributed by atoms with Gasteiger partial charge in [-0.1, -0.05) is 26.2 Å². The molecule has 0 aromatic rings. The quantitative estimate of drug-likeness (QED) is 0.306. The number of halogens is 2. The summed E-state index contributed by atoms with van der Waals surface area (Å²) in [5.41, 5.74) is 0. The Morgan fingerprint density at radius 3 is 1.40 bits per heavy atom. The molecule has 0 rings (SSSR count). The maximum absolute atomic E-state index is 5.50. The van der Waals surface area contributed by atoms with E-state index in [0.29, 0.717) is 0 Å². The Morgan fingerprint density at radius 1 is 0.800 bits per heavy atom. The summed E-state index contributed by atoms with van der Waals surface area (Å²) in [7, 11) is -1.00.